The van der Waals surface area contributed by atoms with Gasteiger partial charge in [0.25, 0.3) is 0 Å². The first kappa shape index (κ1) is 14.2. The Balaban J connectivity index is 2.81. The third kappa shape index (κ3) is 2.42. The number of nitrogen functional groups attached to an aromatic ring is 1. The van der Waals surface area contributed by atoms with Gasteiger partial charge in [-0.15, -0.1) is 0 Å². The molecule has 0 aliphatic carbocycles. The fraction of sp³-hybridized carbons (Fsp3) is 0.250. The molecule has 8 heteroatoms. The molecule has 0 spiro atoms. The summed E-state index contributed by atoms with van der Waals surface area (Å²) in [4.78, 5) is 0.100. The second kappa shape index (κ2) is 5.04. The molecule has 2 aromatic rings. The van der Waals surface area contributed by atoms with Crippen molar-refractivity contribution < 1.29 is 17.9 Å². The second-order valence-electron chi connectivity index (χ2n) is 4.17. The number of aromatic nitrogens is 2. The minimum absolute atomic E-state index is 0.100. The number of ether oxygens (including phenoxy) is 2. The summed E-state index contributed by atoms with van der Waals surface area (Å²) in [5.41, 5.74) is 6.67. The lowest BCUT2D eigenvalue weighted by Gasteiger charge is -2.13. The normalized spacial score (nSPS) is 11.3. The van der Waals surface area contributed by atoms with Gasteiger partial charge < -0.3 is 15.2 Å². The SMILES string of the molecule is COc1cc(-c2cn[nH]c2N)c(S(C)(=O)=O)cc1OC. The summed E-state index contributed by atoms with van der Waals surface area (Å²) in [6.45, 7) is 0. The number of methoxy groups -OCH3 is 2. The number of nitrogens with zero attached hydrogens (tertiary/aromatic N) is 1. The van der Waals surface area contributed by atoms with E-state index < -0.39 is 9.84 Å². The molecule has 0 fully saturated rings. The average molecular weight is 297 g/mol. The number of sulfone groups is 1. The fourth-order valence-electron chi connectivity index (χ4n) is 1.89. The van der Waals surface area contributed by atoms with Gasteiger partial charge in [-0.05, 0) is 6.07 Å². The molecule has 0 bridgehead atoms. The van der Waals surface area contributed by atoms with Crippen LogP contribution < -0.4 is 15.2 Å². The van der Waals surface area contributed by atoms with Crippen molar-refractivity contribution in [1.82, 2.24) is 10.2 Å². The zero-order valence-electron chi connectivity index (χ0n) is 11.3. The van der Waals surface area contributed by atoms with E-state index in [1.807, 2.05) is 0 Å². The lowest BCUT2D eigenvalue weighted by molar-refractivity contribution is 0.354. The first-order valence-electron chi connectivity index (χ1n) is 5.63. The zero-order valence-corrected chi connectivity index (χ0v) is 12.1. The molecule has 20 heavy (non-hydrogen) atoms. The quantitative estimate of drug-likeness (QED) is 0.874. The van der Waals surface area contributed by atoms with Gasteiger partial charge in [-0.25, -0.2) is 8.42 Å². The fourth-order valence-corrected chi connectivity index (χ4v) is 2.78. The lowest BCUT2D eigenvalue weighted by atomic mass is 10.1. The summed E-state index contributed by atoms with van der Waals surface area (Å²) >= 11 is 0. The number of H-pyrrole nitrogens is 1. The van der Waals surface area contributed by atoms with Gasteiger partial charge in [-0.1, -0.05) is 0 Å². The minimum Gasteiger partial charge on any atom is -0.493 e. The molecular formula is C12H15N3O4S. The van der Waals surface area contributed by atoms with Gasteiger partial charge in [0.1, 0.15) is 5.82 Å². The van der Waals surface area contributed by atoms with Crippen molar-refractivity contribution >= 4 is 15.7 Å². The molecule has 0 aliphatic heterocycles. The van der Waals surface area contributed by atoms with Crippen molar-refractivity contribution in [3.8, 4) is 22.6 Å². The topological polar surface area (TPSA) is 107 Å². The van der Waals surface area contributed by atoms with Gasteiger partial charge in [0.05, 0.1) is 25.3 Å². The van der Waals surface area contributed by atoms with Crippen LogP contribution in [0.1, 0.15) is 0 Å². The molecule has 0 atom stereocenters. The molecule has 0 saturated carbocycles. The molecule has 0 saturated heterocycles. The highest BCUT2D eigenvalue weighted by molar-refractivity contribution is 7.90. The highest BCUT2D eigenvalue weighted by atomic mass is 32.2. The Bertz CT molecular complexity index is 737. The second-order valence-corrected chi connectivity index (χ2v) is 6.16. The van der Waals surface area contributed by atoms with E-state index in [1.165, 1.54) is 26.5 Å². The van der Waals surface area contributed by atoms with E-state index in [4.69, 9.17) is 15.2 Å². The van der Waals surface area contributed by atoms with Crippen molar-refractivity contribution in [2.45, 2.75) is 4.90 Å². The minimum atomic E-state index is -3.47. The predicted octanol–water partition coefficient (Wildman–Crippen LogP) is 1.08. The van der Waals surface area contributed by atoms with Crippen molar-refractivity contribution in [1.29, 1.82) is 0 Å². The summed E-state index contributed by atoms with van der Waals surface area (Å²) in [6.07, 6.45) is 2.58. The first-order chi connectivity index (χ1) is 9.38. The van der Waals surface area contributed by atoms with Crippen molar-refractivity contribution in [2.75, 3.05) is 26.2 Å². The lowest BCUT2D eigenvalue weighted by Crippen LogP contribution is -2.03. The van der Waals surface area contributed by atoms with Gasteiger partial charge >= 0.3 is 0 Å². The summed E-state index contributed by atoms with van der Waals surface area (Å²) < 4.78 is 34.2. The molecule has 1 aromatic heterocycles. The number of benzene rings is 1. The van der Waals surface area contributed by atoms with Crippen molar-refractivity contribution in [3.63, 3.8) is 0 Å². The van der Waals surface area contributed by atoms with E-state index in [1.54, 1.807) is 6.07 Å². The molecule has 3 N–H and O–H groups in total. The highest BCUT2D eigenvalue weighted by Gasteiger charge is 2.21. The third-order valence-corrected chi connectivity index (χ3v) is 3.98. The molecule has 7 nitrogen and oxygen atoms in total. The Labute approximate surface area is 116 Å². The Hall–Kier alpha value is -2.22. The molecule has 0 aliphatic rings. The maximum absolute atomic E-state index is 12.0. The molecular weight excluding hydrogens is 282 g/mol. The van der Waals surface area contributed by atoms with E-state index in [0.717, 1.165) is 6.26 Å². The van der Waals surface area contributed by atoms with Crippen LogP contribution in [0.3, 0.4) is 0 Å². The number of anilines is 1. The van der Waals surface area contributed by atoms with Crippen LogP contribution in [0, 0.1) is 0 Å². The number of nitrogens with one attached hydrogen (secondary N) is 1. The number of rotatable bonds is 4. The van der Waals surface area contributed by atoms with Gasteiger partial charge in [0, 0.05) is 23.4 Å². The van der Waals surface area contributed by atoms with Crippen LogP contribution in [0.25, 0.3) is 11.1 Å². The van der Waals surface area contributed by atoms with Crippen molar-refractivity contribution in [3.05, 3.63) is 18.3 Å². The Morgan fingerprint density at radius 1 is 1.15 bits per heavy atom. The van der Waals surface area contributed by atoms with Crippen LogP contribution in [0.5, 0.6) is 11.5 Å². The van der Waals surface area contributed by atoms with E-state index in [9.17, 15) is 8.42 Å². The largest absolute Gasteiger partial charge is 0.493 e. The van der Waals surface area contributed by atoms with Crippen LogP contribution in [0.4, 0.5) is 5.82 Å². The zero-order chi connectivity index (χ0) is 14.9. The van der Waals surface area contributed by atoms with E-state index in [-0.39, 0.29) is 10.7 Å². The van der Waals surface area contributed by atoms with E-state index >= 15 is 0 Å². The summed E-state index contributed by atoms with van der Waals surface area (Å²) in [5, 5.41) is 6.38. The summed E-state index contributed by atoms with van der Waals surface area (Å²) in [5.74, 6) is 1.02. The maximum Gasteiger partial charge on any atom is 0.176 e. The number of hydrogen-bond acceptors (Lipinski definition) is 6. The highest BCUT2D eigenvalue weighted by Crippen LogP contribution is 2.39. The third-order valence-electron chi connectivity index (χ3n) is 2.84. The molecule has 108 valence electrons. The summed E-state index contributed by atoms with van der Waals surface area (Å²) in [6, 6.07) is 2.98. The number of aromatic amines is 1. The van der Waals surface area contributed by atoms with E-state index in [2.05, 4.69) is 10.2 Å². The van der Waals surface area contributed by atoms with Crippen LogP contribution >= 0.6 is 0 Å². The van der Waals surface area contributed by atoms with Crippen LogP contribution in [0.2, 0.25) is 0 Å². The van der Waals surface area contributed by atoms with Crippen LogP contribution in [0.15, 0.2) is 23.2 Å². The summed E-state index contributed by atoms with van der Waals surface area (Å²) in [7, 11) is -0.554. The molecule has 2 rings (SSSR count). The average Bonchev–Trinajstić information content (AvgIpc) is 2.82. The van der Waals surface area contributed by atoms with Crippen LogP contribution in [-0.2, 0) is 9.84 Å². The predicted molar refractivity (Wildman–Crippen MR) is 74.6 cm³/mol. The molecule has 0 radical (unpaired) electrons. The smallest absolute Gasteiger partial charge is 0.176 e. The number of hydrogen-bond donors (Lipinski definition) is 2. The van der Waals surface area contributed by atoms with Gasteiger partial charge in [-0.2, -0.15) is 5.10 Å². The first-order valence-corrected chi connectivity index (χ1v) is 7.53. The van der Waals surface area contributed by atoms with Gasteiger partial charge in [-0.3, -0.25) is 5.10 Å². The van der Waals surface area contributed by atoms with Gasteiger partial charge in [0.2, 0.25) is 0 Å². The Morgan fingerprint density at radius 3 is 2.20 bits per heavy atom. The Morgan fingerprint density at radius 2 is 1.75 bits per heavy atom. The standard InChI is InChI=1S/C12H15N3O4S/c1-18-9-4-7(8-6-14-15-12(8)13)11(20(3,16)17)5-10(9)19-2/h4-6H,1-3H3,(H3,13,14,15). The van der Waals surface area contributed by atoms with E-state index in [0.29, 0.717) is 22.6 Å². The van der Waals surface area contributed by atoms with Gasteiger partial charge in [0.15, 0.2) is 21.3 Å². The molecule has 1 heterocycles. The molecule has 0 unspecified atom stereocenters. The monoisotopic (exact) mass is 297 g/mol. The maximum atomic E-state index is 12.0. The molecule has 0 amide bonds. The van der Waals surface area contributed by atoms with Crippen molar-refractivity contribution in [2.24, 2.45) is 0 Å². The number of nitrogens with two attached hydrogens (primary N) is 1. The Kier molecular flexibility index (Phi) is 3.58. The van der Waals surface area contributed by atoms with Crippen LogP contribution in [-0.4, -0.2) is 39.1 Å². The molecule has 1 aromatic carbocycles.